The fourth-order valence-corrected chi connectivity index (χ4v) is 3.54. The number of carbonyl (C=O) groups excluding carboxylic acids is 3. The number of amides is 2. The van der Waals surface area contributed by atoms with E-state index >= 15 is 0 Å². The number of ketones is 1. The summed E-state index contributed by atoms with van der Waals surface area (Å²) in [5.74, 6) is 0.848. The third-order valence-corrected chi connectivity index (χ3v) is 5.22. The standard InChI is InChI=1S/C23H22N4O5/c1-13(28)14-4-7-16(8-5-14)24-23(30)18-12-22(29)25-21-11-17(26-27(18)21)15-6-9-19(31-2)20(10-15)32-3/h4-11,18H,12H2,1-3H3,(H,24,30)(H,25,29)/t18-/m1/s1. The van der Waals surface area contributed by atoms with Crippen LogP contribution < -0.4 is 20.1 Å². The number of rotatable bonds is 6. The molecule has 9 nitrogen and oxygen atoms in total. The molecule has 0 aliphatic carbocycles. The summed E-state index contributed by atoms with van der Waals surface area (Å²) in [6.45, 7) is 1.48. The molecule has 0 bridgehead atoms. The molecule has 0 saturated heterocycles. The summed E-state index contributed by atoms with van der Waals surface area (Å²) < 4.78 is 12.1. The average molecular weight is 434 g/mol. The highest BCUT2D eigenvalue weighted by Gasteiger charge is 2.32. The molecule has 2 N–H and O–H groups in total. The quantitative estimate of drug-likeness (QED) is 0.576. The molecule has 2 amide bonds. The Kier molecular flexibility index (Phi) is 5.63. The van der Waals surface area contributed by atoms with Crippen molar-refractivity contribution >= 4 is 29.1 Å². The Morgan fingerprint density at radius 3 is 2.44 bits per heavy atom. The highest BCUT2D eigenvalue weighted by atomic mass is 16.5. The van der Waals surface area contributed by atoms with Crippen LogP contribution in [0.3, 0.4) is 0 Å². The maximum absolute atomic E-state index is 13.0. The van der Waals surface area contributed by atoms with Gasteiger partial charge >= 0.3 is 0 Å². The van der Waals surface area contributed by atoms with E-state index in [0.29, 0.717) is 34.3 Å². The van der Waals surface area contributed by atoms with Crippen molar-refractivity contribution in [2.75, 3.05) is 24.9 Å². The van der Waals surface area contributed by atoms with E-state index in [0.717, 1.165) is 5.56 Å². The number of hydrogen-bond acceptors (Lipinski definition) is 6. The molecule has 2 aromatic carbocycles. The summed E-state index contributed by atoms with van der Waals surface area (Å²) in [7, 11) is 3.10. The third kappa shape index (κ3) is 4.04. The molecule has 4 rings (SSSR count). The molecule has 0 fully saturated rings. The number of anilines is 2. The Hall–Kier alpha value is -4.14. The molecule has 2 heterocycles. The van der Waals surface area contributed by atoms with Gasteiger partial charge in [-0.2, -0.15) is 5.10 Å². The molecule has 9 heteroatoms. The van der Waals surface area contributed by atoms with Crippen LogP contribution in [0, 0.1) is 0 Å². The van der Waals surface area contributed by atoms with Crippen molar-refractivity contribution in [2.24, 2.45) is 0 Å². The lowest BCUT2D eigenvalue weighted by Crippen LogP contribution is -2.35. The van der Waals surface area contributed by atoms with Gasteiger partial charge in [0.15, 0.2) is 17.3 Å². The predicted molar refractivity (Wildman–Crippen MR) is 118 cm³/mol. The summed E-state index contributed by atoms with van der Waals surface area (Å²) in [6.07, 6.45) is -0.0442. The molecule has 1 aliphatic heterocycles. The van der Waals surface area contributed by atoms with Crippen molar-refractivity contribution in [3.8, 4) is 22.8 Å². The van der Waals surface area contributed by atoms with Crippen LogP contribution in [0.2, 0.25) is 0 Å². The van der Waals surface area contributed by atoms with Gasteiger partial charge in [0.25, 0.3) is 0 Å². The number of methoxy groups -OCH3 is 2. The van der Waals surface area contributed by atoms with Gasteiger partial charge in [0.2, 0.25) is 11.8 Å². The monoisotopic (exact) mass is 434 g/mol. The number of carbonyl (C=O) groups is 3. The Labute approximate surface area is 184 Å². The molecule has 1 aromatic heterocycles. The van der Waals surface area contributed by atoms with Gasteiger partial charge < -0.3 is 20.1 Å². The number of benzene rings is 2. The van der Waals surface area contributed by atoms with Gasteiger partial charge in [0.05, 0.1) is 26.3 Å². The van der Waals surface area contributed by atoms with Crippen LogP contribution in [-0.2, 0) is 9.59 Å². The van der Waals surface area contributed by atoms with Crippen molar-refractivity contribution in [3.05, 3.63) is 54.1 Å². The summed E-state index contributed by atoms with van der Waals surface area (Å²) >= 11 is 0. The zero-order chi connectivity index (χ0) is 22.8. The first-order chi connectivity index (χ1) is 15.4. The maximum atomic E-state index is 13.0. The lowest BCUT2D eigenvalue weighted by Gasteiger charge is -2.23. The van der Waals surface area contributed by atoms with Crippen LogP contribution in [0.25, 0.3) is 11.3 Å². The van der Waals surface area contributed by atoms with Crippen LogP contribution in [0.15, 0.2) is 48.5 Å². The van der Waals surface area contributed by atoms with Gasteiger partial charge in [0.1, 0.15) is 11.9 Å². The van der Waals surface area contributed by atoms with Gasteiger partial charge in [-0.25, -0.2) is 4.68 Å². The minimum Gasteiger partial charge on any atom is -0.493 e. The summed E-state index contributed by atoms with van der Waals surface area (Å²) in [6, 6.07) is 12.8. The molecule has 164 valence electrons. The number of Topliss-reactive ketones (excluding diaryl/α,β-unsaturated/α-hetero) is 1. The van der Waals surface area contributed by atoms with Crippen LogP contribution in [-0.4, -0.2) is 41.6 Å². The zero-order valence-corrected chi connectivity index (χ0v) is 17.8. The molecule has 0 saturated carbocycles. The van der Waals surface area contributed by atoms with Gasteiger partial charge in [-0.1, -0.05) is 0 Å². The largest absolute Gasteiger partial charge is 0.493 e. The van der Waals surface area contributed by atoms with Gasteiger partial charge in [-0.3, -0.25) is 14.4 Å². The SMILES string of the molecule is COc1ccc(-c2cc3n(n2)[C@@H](C(=O)Nc2ccc(C(C)=O)cc2)CC(=O)N3)cc1OC. The lowest BCUT2D eigenvalue weighted by molar-refractivity contribution is -0.125. The normalized spacial score (nSPS) is 14.8. The fraction of sp³-hybridized carbons (Fsp3) is 0.217. The molecule has 0 spiro atoms. The average Bonchev–Trinajstić information content (AvgIpc) is 3.22. The number of fused-ring (bicyclic) bond motifs is 1. The van der Waals surface area contributed by atoms with Crippen LogP contribution in [0.5, 0.6) is 11.5 Å². The summed E-state index contributed by atoms with van der Waals surface area (Å²) in [5.41, 5.74) is 2.40. The van der Waals surface area contributed by atoms with Gasteiger partial charge in [0, 0.05) is 22.9 Å². The van der Waals surface area contributed by atoms with E-state index in [1.807, 2.05) is 6.07 Å². The van der Waals surface area contributed by atoms with Gasteiger partial charge in [-0.05, 0) is 49.4 Å². The van der Waals surface area contributed by atoms with Crippen LogP contribution in [0.4, 0.5) is 11.5 Å². The molecular formula is C23H22N4O5. The molecule has 32 heavy (non-hydrogen) atoms. The van der Waals surface area contributed by atoms with E-state index in [1.165, 1.54) is 11.6 Å². The molecule has 1 atom stereocenters. The summed E-state index contributed by atoms with van der Waals surface area (Å²) in [5, 5.41) is 10.1. The first-order valence-electron chi connectivity index (χ1n) is 9.93. The Balaban J connectivity index is 1.61. The van der Waals surface area contributed by atoms with Crippen molar-refractivity contribution in [1.82, 2.24) is 9.78 Å². The Bertz CT molecular complexity index is 1200. The number of nitrogens with one attached hydrogen (secondary N) is 2. The van der Waals surface area contributed by atoms with Gasteiger partial charge in [-0.15, -0.1) is 0 Å². The van der Waals surface area contributed by atoms with Crippen molar-refractivity contribution in [1.29, 1.82) is 0 Å². The Morgan fingerprint density at radius 2 is 1.78 bits per heavy atom. The highest BCUT2D eigenvalue weighted by molar-refractivity contribution is 6.02. The minimum absolute atomic E-state index is 0.0442. The van der Waals surface area contributed by atoms with E-state index in [9.17, 15) is 14.4 Å². The molecule has 0 radical (unpaired) electrons. The number of aromatic nitrogens is 2. The smallest absolute Gasteiger partial charge is 0.249 e. The number of nitrogens with zero attached hydrogens (tertiary/aromatic N) is 2. The van der Waals surface area contributed by atoms with E-state index in [-0.39, 0.29) is 24.0 Å². The van der Waals surface area contributed by atoms with E-state index < -0.39 is 6.04 Å². The Morgan fingerprint density at radius 1 is 1.06 bits per heavy atom. The van der Waals surface area contributed by atoms with Crippen molar-refractivity contribution in [3.63, 3.8) is 0 Å². The molecule has 1 aliphatic rings. The maximum Gasteiger partial charge on any atom is 0.249 e. The first-order valence-corrected chi connectivity index (χ1v) is 9.93. The first kappa shape index (κ1) is 21.1. The van der Waals surface area contributed by atoms with Crippen molar-refractivity contribution < 1.29 is 23.9 Å². The zero-order valence-electron chi connectivity index (χ0n) is 17.8. The molecule has 0 unspecified atom stereocenters. The second-order valence-electron chi connectivity index (χ2n) is 7.32. The van der Waals surface area contributed by atoms with E-state index in [2.05, 4.69) is 15.7 Å². The van der Waals surface area contributed by atoms with Crippen LogP contribution in [0.1, 0.15) is 29.7 Å². The fourth-order valence-electron chi connectivity index (χ4n) is 3.54. The van der Waals surface area contributed by atoms with Crippen LogP contribution >= 0.6 is 0 Å². The van der Waals surface area contributed by atoms with E-state index in [1.54, 1.807) is 56.7 Å². The van der Waals surface area contributed by atoms with E-state index in [4.69, 9.17) is 9.47 Å². The molecule has 3 aromatic rings. The minimum atomic E-state index is -0.819. The highest BCUT2D eigenvalue weighted by Crippen LogP contribution is 2.35. The van der Waals surface area contributed by atoms with Crippen molar-refractivity contribution in [2.45, 2.75) is 19.4 Å². The predicted octanol–water partition coefficient (Wildman–Crippen LogP) is 3.29. The second kappa shape index (κ2) is 8.54. The topological polar surface area (TPSA) is 112 Å². The summed E-state index contributed by atoms with van der Waals surface area (Å²) in [4.78, 5) is 36.6. The molecular weight excluding hydrogens is 412 g/mol. The third-order valence-electron chi connectivity index (χ3n) is 5.22. The second-order valence-corrected chi connectivity index (χ2v) is 7.32. The number of hydrogen-bond donors (Lipinski definition) is 2. The lowest BCUT2D eigenvalue weighted by atomic mass is 10.1. The number of ether oxygens (including phenoxy) is 2.